The third-order valence-electron chi connectivity index (χ3n) is 4.50. The summed E-state index contributed by atoms with van der Waals surface area (Å²) >= 11 is 12.4. The minimum Gasteiger partial charge on any atom is -0.456 e. The van der Waals surface area contributed by atoms with E-state index in [0.717, 1.165) is 10.8 Å². The number of furan rings is 1. The van der Waals surface area contributed by atoms with Crippen LogP contribution in [0.1, 0.15) is 29.8 Å². The Morgan fingerprint density at radius 2 is 1.71 bits per heavy atom. The van der Waals surface area contributed by atoms with E-state index in [1.807, 2.05) is 30.3 Å². The lowest BCUT2D eigenvalue weighted by molar-refractivity contribution is -0.0746. The molecule has 0 aliphatic heterocycles. The first-order valence-electron chi connectivity index (χ1n) is 8.56. The van der Waals surface area contributed by atoms with E-state index in [4.69, 9.17) is 32.5 Å². The molecule has 4 rings (SSSR count). The first-order chi connectivity index (χ1) is 13.4. The SMILES string of the molecule is CC(C)(ONC(=O)c1cccc2oc3ccccc3c12)c1c(Cl)cncc1Cl. The normalized spacial score (nSPS) is 11.9. The minimum absolute atomic E-state index is 0.356. The monoisotopic (exact) mass is 414 g/mol. The van der Waals surface area contributed by atoms with E-state index in [-0.39, 0.29) is 0 Å². The third-order valence-corrected chi connectivity index (χ3v) is 5.07. The summed E-state index contributed by atoms with van der Waals surface area (Å²) in [6.07, 6.45) is 2.96. The summed E-state index contributed by atoms with van der Waals surface area (Å²) in [5, 5.41) is 2.31. The maximum absolute atomic E-state index is 12.9. The summed E-state index contributed by atoms with van der Waals surface area (Å²) in [6, 6.07) is 12.9. The number of nitrogens with zero attached hydrogens (tertiary/aromatic N) is 1. The number of fused-ring (bicyclic) bond motifs is 3. The summed E-state index contributed by atoms with van der Waals surface area (Å²) < 4.78 is 5.83. The zero-order chi connectivity index (χ0) is 19.9. The smallest absolute Gasteiger partial charge is 0.275 e. The number of amides is 1. The van der Waals surface area contributed by atoms with Crippen molar-refractivity contribution in [2.24, 2.45) is 0 Å². The molecule has 0 fully saturated rings. The highest BCUT2D eigenvalue weighted by atomic mass is 35.5. The Hall–Kier alpha value is -2.60. The van der Waals surface area contributed by atoms with Crippen molar-refractivity contribution in [1.29, 1.82) is 0 Å². The molecule has 7 heteroatoms. The van der Waals surface area contributed by atoms with Gasteiger partial charge in [0.1, 0.15) is 16.8 Å². The van der Waals surface area contributed by atoms with Crippen LogP contribution in [-0.2, 0) is 10.4 Å². The fourth-order valence-corrected chi connectivity index (χ4v) is 4.05. The van der Waals surface area contributed by atoms with Crippen molar-refractivity contribution >= 4 is 51.0 Å². The third kappa shape index (κ3) is 3.22. The van der Waals surface area contributed by atoms with E-state index in [0.29, 0.717) is 32.3 Å². The van der Waals surface area contributed by atoms with Crippen molar-refractivity contribution in [2.45, 2.75) is 19.4 Å². The Bertz CT molecular complexity index is 1180. The maximum Gasteiger partial charge on any atom is 0.275 e. The summed E-state index contributed by atoms with van der Waals surface area (Å²) in [4.78, 5) is 22.5. The van der Waals surface area contributed by atoms with Gasteiger partial charge in [0.05, 0.1) is 15.6 Å². The van der Waals surface area contributed by atoms with Crippen LogP contribution in [0, 0.1) is 0 Å². The Morgan fingerprint density at radius 3 is 2.46 bits per heavy atom. The molecule has 1 amide bonds. The second-order valence-corrected chi connectivity index (χ2v) is 7.61. The van der Waals surface area contributed by atoms with E-state index >= 15 is 0 Å². The van der Waals surface area contributed by atoms with Crippen LogP contribution in [-0.4, -0.2) is 10.9 Å². The maximum atomic E-state index is 12.9. The molecule has 4 aromatic rings. The predicted molar refractivity (Wildman–Crippen MR) is 110 cm³/mol. The van der Waals surface area contributed by atoms with Crippen molar-refractivity contribution in [3.05, 3.63) is 76.0 Å². The van der Waals surface area contributed by atoms with E-state index < -0.39 is 11.5 Å². The number of hydrogen-bond donors (Lipinski definition) is 1. The molecule has 0 bridgehead atoms. The molecule has 2 aromatic heterocycles. The molecule has 2 aromatic carbocycles. The van der Waals surface area contributed by atoms with Crippen LogP contribution in [0.15, 0.2) is 59.3 Å². The Morgan fingerprint density at radius 1 is 1.04 bits per heavy atom. The Kier molecular flexibility index (Phi) is 4.75. The topological polar surface area (TPSA) is 64.4 Å². The number of para-hydroxylation sites is 1. The molecule has 2 heterocycles. The van der Waals surface area contributed by atoms with Gasteiger partial charge in [0.15, 0.2) is 0 Å². The highest BCUT2D eigenvalue weighted by Gasteiger charge is 2.29. The fraction of sp³-hybridized carbons (Fsp3) is 0.143. The molecule has 0 atom stereocenters. The molecule has 0 spiro atoms. The first kappa shape index (κ1) is 18.7. The van der Waals surface area contributed by atoms with E-state index in [1.165, 1.54) is 12.4 Å². The largest absolute Gasteiger partial charge is 0.456 e. The van der Waals surface area contributed by atoms with Crippen LogP contribution < -0.4 is 5.48 Å². The standard InChI is InChI=1S/C21H16Cl2N2O3/c1-21(2,19-14(22)10-24-11-15(19)23)28-25-20(26)13-7-5-9-17-18(13)12-6-3-4-8-16(12)27-17/h3-11H,1-2H3,(H,25,26). The second-order valence-electron chi connectivity index (χ2n) is 6.80. The number of carbonyl (C=O) groups excluding carboxylic acids is 1. The number of hydroxylamine groups is 1. The van der Waals surface area contributed by atoms with Crippen LogP contribution >= 0.6 is 23.2 Å². The number of carbonyl (C=O) groups is 1. The second kappa shape index (κ2) is 7.09. The van der Waals surface area contributed by atoms with Gasteiger partial charge in [-0.1, -0.05) is 47.5 Å². The Labute approximate surface area is 171 Å². The number of hydrogen-bond acceptors (Lipinski definition) is 4. The van der Waals surface area contributed by atoms with Gasteiger partial charge in [-0.05, 0) is 32.0 Å². The molecule has 0 unspecified atom stereocenters. The van der Waals surface area contributed by atoms with Crippen LogP contribution in [0.25, 0.3) is 21.9 Å². The van der Waals surface area contributed by atoms with E-state index in [1.54, 1.807) is 26.0 Å². The lowest BCUT2D eigenvalue weighted by atomic mass is 9.99. The quantitative estimate of drug-likeness (QED) is 0.423. The minimum atomic E-state index is -0.973. The van der Waals surface area contributed by atoms with Gasteiger partial charge in [0.2, 0.25) is 0 Å². The zero-order valence-corrected chi connectivity index (χ0v) is 16.6. The molecule has 0 radical (unpaired) electrons. The van der Waals surface area contributed by atoms with Gasteiger partial charge in [-0.15, -0.1) is 0 Å². The fourth-order valence-electron chi connectivity index (χ4n) is 3.23. The van der Waals surface area contributed by atoms with Crippen LogP contribution in [0.2, 0.25) is 10.0 Å². The molecule has 0 saturated carbocycles. The average Bonchev–Trinajstić information content (AvgIpc) is 3.04. The van der Waals surface area contributed by atoms with Gasteiger partial charge in [-0.3, -0.25) is 14.6 Å². The number of pyridine rings is 1. The van der Waals surface area contributed by atoms with Crippen LogP contribution in [0.5, 0.6) is 0 Å². The summed E-state index contributed by atoms with van der Waals surface area (Å²) in [7, 11) is 0. The molecular formula is C21H16Cl2N2O3. The Balaban J connectivity index is 1.66. The summed E-state index contributed by atoms with van der Waals surface area (Å²) in [6.45, 7) is 3.52. The van der Waals surface area contributed by atoms with Gasteiger partial charge in [-0.2, -0.15) is 0 Å². The van der Waals surface area contributed by atoms with E-state index in [9.17, 15) is 4.79 Å². The van der Waals surface area contributed by atoms with Crippen LogP contribution in [0.3, 0.4) is 0 Å². The van der Waals surface area contributed by atoms with Gasteiger partial charge in [0, 0.05) is 28.7 Å². The molecular weight excluding hydrogens is 399 g/mol. The van der Waals surface area contributed by atoms with Gasteiger partial charge >= 0.3 is 0 Å². The van der Waals surface area contributed by atoms with Crippen molar-refractivity contribution in [3.8, 4) is 0 Å². The molecule has 28 heavy (non-hydrogen) atoms. The molecule has 0 saturated heterocycles. The molecule has 0 aliphatic carbocycles. The number of nitrogens with one attached hydrogen (secondary N) is 1. The summed E-state index contributed by atoms with van der Waals surface area (Å²) in [5.41, 5.74) is 3.89. The average molecular weight is 415 g/mol. The number of halogens is 2. The van der Waals surface area contributed by atoms with Gasteiger partial charge < -0.3 is 4.42 Å². The first-order valence-corrected chi connectivity index (χ1v) is 9.32. The van der Waals surface area contributed by atoms with Crippen molar-refractivity contribution in [2.75, 3.05) is 0 Å². The number of benzene rings is 2. The number of aromatic nitrogens is 1. The molecule has 142 valence electrons. The summed E-state index contributed by atoms with van der Waals surface area (Å²) in [5.74, 6) is -0.397. The highest BCUT2D eigenvalue weighted by molar-refractivity contribution is 6.35. The van der Waals surface area contributed by atoms with Crippen molar-refractivity contribution in [1.82, 2.24) is 10.5 Å². The molecule has 1 N–H and O–H groups in total. The van der Waals surface area contributed by atoms with Gasteiger partial charge in [0.25, 0.3) is 5.91 Å². The van der Waals surface area contributed by atoms with E-state index in [2.05, 4.69) is 10.5 Å². The lowest BCUT2D eigenvalue weighted by Gasteiger charge is -2.26. The molecule has 5 nitrogen and oxygen atoms in total. The lowest BCUT2D eigenvalue weighted by Crippen LogP contribution is -2.34. The zero-order valence-electron chi connectivity index (χ0n) is 15.1. The molecule has 0 aliphatic rings. The van der Waals surface area contributed by atoms with Crippen molar-refractivity contribution in [3.63, 3.8) is 0 Å². The van der Waals surface area contributed by atoms with Crippen molar-refractivity contribution < 1.29 is 14.0 Å². The van der Waals surface area contributed by atoms with Gasteiger partial charge in [-0.25, -0.2) is 5.48 Å². The predicted octanol–water partition coefficient (Wildman–Crippen LogP) is 5.88. The number of rotatable bonds is 4. The highest BCUT2D eigenvalue weighted by Crippen LogP contribution is 2.35. The van der Waals surface area contributed by atoms with Crippen LogP contribution in [0.4, 0.5) is 0 Å².